The van der Waals surface area contributed by atoms with E-state index in [1.54, 1.807) is 19.2 Å². The highest BCUT2D eigenvalue weighted by Gasteiger charge is 2.29. The molecule has 196 valence electrons. The summed E-state index contributed by atoms with van der Waals surface area (Å²) in [5, 5.41) is 13.8. The van der Waals surface area contributed by atoms with Crippen LogP contribution >= 0.6 is 0 Å². The first-order valence-corrected chi connectivity index (χ1v) is 11.6. The molecule has 38 heavy (non-hydrogen) atoms. The molecule has 0 radical (unpaired) electrons. The third-order valence-corrected chi connectivity index (χ3v) is 5.99. The molecule has 0 saturated heterocycles. The predicted molar refractivity (Wildman–Crippen MR) is 144 cm³/mol. The average molecular weight is 518 g/mol. The number of nitro groups is 1. The number of benzene rings is 3. The SMILES string of the molecule is COc1cc(C(=O)N(C)c2ccccc2C2=NC(C)(C)CO2)ccc1NC(=O)c1cccc([N+](=O)[O-])c1N. The number of rotatable bonds is 7. The van der Waals surface area contributed by atoms with Gasteiger partial charge in [-0.25, -0.2) is 4.99 Å². The fourth-order valence-corrected chi connectivity index (χ4v) is 4.00. The highest BCUT2D eigenvalue weighted by molar-refractivity contribution is 6.12. The van der Waals surface area contributed by atoms with E-state index in [9.17, 15) is 19.7 Å². The molecule has 3 aromatic rings. The maximum absolute atomic E-state index is 13.4. The van der Waals surface area contributed by atoms with E-state index >= 15 is 0 Å². The predicted octanol–water partition coefficient (Wildman–Crippen LogP) is 4.27. The number of aliphatic imine (C=N–C) groups is 1. The molecule has 0 aromatic heterocycles. The van der Waals surface area contributed by atoms with Crippen LogP contribution < -0.4 is 20.7 Å². The average Bonchev–Trinajstić information content (AvgIpc) is 3.27. The van der Waals surface area contributed by atoms with Gasteiger partial charge in [-0.05, 0) is 50.2 Å². The first-order chi connectivity index (χ1) is 18.0. The second kappa shape index (κ2) is 10.2. The second-order valence-corrected chi connectivity index (χ2v) is 9.26. The summed E-state index contributed by atoms with van der Waals surface area (Å²) in [7, 11) is 3.05. The Balaban J connectivity index is 1.59. The lowest BCUT2D eigenvalue weighted by Gasteiger charge is -2.21. The number of amides is 2. The van der Waals surface area contributed by atoms with Gasteiger partial charge in [-0.2, -0.15) is 0 Å². The Morgan fingerprint density at radius 3 is 2.55 bits per heavy atom. The third-order valence-electron chi connectivity index (χ3n) is 5.99. The highest BCUT2D eigenvalue weighted by Crippen LogP contribution is 2.31. The molecule has 3 aromatic carbocycles. The summed E-state index contributed by atoms with van der Waals surface area (Å²) in [5.41, 5.74) is 6.68. The maximum atomic E-state index is 13.4. The minimum atomic E-state index is -0.659. The number of ether oxygens (including phenoxy) is 2. The van der Waals surface area contributed by atoms with E-state index in [0.29, 0.717) is 29.3 Å². The smallest absolute Gasteiger partial charge is 0.292 e. The fraction of sp³-hybridized carbons (Fsp3) is 0.222. The van der Waals surface area contributed by atoms with Crippen LogP contribution in [0.15, 0.2) is 65.7 Å². The first-order valence-electron chi connectivity index (χ1n) is 11.6. The van der Waals surface area contributed by atoms with Crippen molar-refractivity contribution in [3.63, 3.8) is 0 Å². The highest BCUT2D eigenvalue weighted by atomic mass is 16.6. The van der Waals surface area contributed by atoms with E-state index in [0.717, 1.165) is 0 Å². The Bertz CT molecular complexity index is 1470. The molecule has 2 amide bonds. The quantitative estimate of drug-likeness (QED) is 0.270. The van der Waals surface area contributed by atoms with Crippen molar-refractivity contribution in [1.82, 2.24) is 0 Å². The minimum Gasteiger partial charge on any atom is -0.495 e. The molecule has 11 nitrogen and oxygen atoms in total. The van der Waals surface area contributed by atoms with Gasteiger partial charge in [0, 0.05) is 18.7 Å². The third kappa shape index (κ3) is 5.12. The van der Waals surface area contributed by atoms with Crippen molar-refractivity contribution < 1.29 is 24.0 Å². The van der Waals surface area contributed by atoms with Gasteiger partial charge in [-0.1, -0.05) is 18.2 Å². The van der Waals surface area contributed by atoms with Gasteiger partial charge in [0.15, 0.2) is 0 Å². The van der Waals surface area contributed by atoms with Gasteiger partial charge in [0.1, 0.15) is 18.0 Å². The van der Waals surface area contributed by atoms with Crippen LogP contribution in [-0.4, -0.2) is 48.9 Å². The summed E-state index contributed by atoms with van der Waals surface area (Å²) in [6, 6.07) is 15.9. The number of para-hydroxylation sites is 2. The van der Waals surface area contributed by atoms with Crippen LogP contribution in [0.5, 0.6) is 5.75 Å². The van der Waals surface area contributed by atoms with E-state index in [1.807, 2.05) is 32.0 Å². The molecule has 1 aliphatic rings. The lowest BCUT2D eigenvalue weighted by atomic mass is 10.1. The summed E-state index contributed by atoms with van der Waals surface area (Å²) in [4.78, 5) is 42.9. The zero-order valence-electron chi connectivity index (χ0n) is 21.3. The van der Waals surface area contributed by atoms with Crippen molar-refractivity contribution in [2.45, 2.75) is 19.4 Å². The molecular formula is C27H27N5O6. The maximum Gasteiger partial charge on any atom is 0.292 e. The Labute approximate surface area is 219 Å². The molecule has 1 aliphatic heterocycles. The molecule has 0 spiro atoms. The molecule has 0 saturated carbocycles. The van der Waals surface area contributed by atoms with E-state index in [-0.39, 0.29) is 39.8 Å². The van der Waals surface area contributed by atoms with Crippen molar-refractivity contribution in [2.24, 2.45) is 4.99 Å². The van der Waals surface area contributed by atoms with Crippen molar-refractivity contribution in [1.29, 1.82) is 0 Å². The van der Waals surface area contributed by atoms with Crippen LogP contribution in [0.3, 0.4) is 0 Å². The zero-order chi connectivity index (χ0) is 27.6. The molecule has 0 fully saturated rings. The number of carbonyl (C=O) groups is 2. The molecule has 0 atom stereocenters. The largest absolute Gasteiger partial charge is 0.495 e. The molecular weight excluding hydrogens is 490 g/mol. The summed E-state index contributed by atoms with van der Waals surface area (Å²) < 4.78 is 11.2. The summed E-state index contributed by atoms with van der Waals surface area (Å²) >= 11 is 0. The van der Waals surface area contributed by atoms with Crippen LogP contribution in [0.25, 0.3) is 0 Å². The number of nitrogens with one attached hydrogen (secondary N) is 1. The number of carbonyl (C=O) groups excluding carboxylic acids is 2. The minimum absolute atomic E-state index is 0.0574. The van der Waals surface area contributed by atoms with Gasteiger partial charge in [0.2, 0.25) is 5.90 Å². The Morgan fingerprint density at radius 1 is 1.16 bits per heavy atom. The van der Waals surface area contributed by atoms with E-state index in [4.69, 9.17) is 15.2 Å². The standard InChI is InChI=1S/C27H27N5O6/c1-27(2)15-38-25(30-27)17-8-5-6-10-20(17)31(3)26(34)16-12-13-19(22(14-16)37-4)29-24(33)18-9-7-11-21(23(18)28)32(35)36/h5-14H,15,28H2,1-4H3,(H,29,33). The first kappa shape index (κ1) is 26.1. The Hall–Kier alpha value is -4.93. The molecule has 0 bridgehead atoms. The van der Waals surface area contributed by atoms with Crippen LogP contribution in [0.4, 0.5) is 22.7 Å². The number of methoxy groups -OCH3 is 1. The van der Waals surface area contributed by atoms with Gasteiger partial charge < -0.3 is 25.4 Å². The molecule has 3 N–H and O–H groups in total. The Morgan fingerprint density at radius 2 is 1.89 bits per heavy atom. The Kier molecular flexibility index (Phi) is 7.02. The summed E-state index contributed by atoms with van der Waals surface area (Å²) in [6.45, 7) is 4.38. The van der Waals surface area contributed by atoms with Crippen molar-refractivity contribution in [3.8, 4) is 5.75 Å². The van der Waals surface area contributed by atoms with Gasteiger partial charge in [-0.3, -0.25) is 19.7 Å². The molecule has 0 unspecified atom stereocenters. The van der Waals surface area contributed by atoms with E-state index in [2.05, 4.69) is 10.3 Å². The molecule has 4 rings (SSSR count). The van der Waals surface area contributed by atoms with Crippen molar-refractivity contribution in [3.05, 3.63) is 87.5 Å². The van der Waals surface area contributed by atoms with Crippen LogP contribution in [0.1, 0.15) is 40.1 Å². The molecule has 1 heterocycles. The van der Waals surface area contributed by atoms with Gasteiger partial charge >= 0.3 is 0 Å². The normalized spacial score (nSPS) is 13.7. The lowest BCUT2D eigenvalue weighted by molar-refractivity contribution is -0.383. The lowest BCUT2D eigenvalue weighted by Crippen LogP contribution is -2.28. The van der Waals surface area contributed by atoms with E-state index in [1.165, 1.54) is 42.3 Å². The number of nitrogens with two attached hydrogens (primary N) is 1. The van der Waals surface area contributed by atoms with Crippen LogP contribution in [-0.2, 0) is 4.74 Å². The number of nitrogen functional groups attached to an aromatic ring is 1. The molecule has 0 aliphatic carbocycles. The van der Waals surface area contributed by atoms with Crippen molar-refractivity contribution in [2.75, 3.05) is 36.7 Å². The topological polar surface area (TPSA) is 149 Å². The van der Waals surface area contributed by atoms with Gasteiger partial charge in [0.25, 0.3) is 17.5 Å². The fourth-order valence-electron chi connectivity index (χ4n) is 4.00. The number of anilines is 3. The number of hydrogen-bond acceptors (Lipinski definition) is 8. The molecule has 11 heteroatoms. The zero-order valence-corrected chi connectivity index (χ0v) is 21.3. The summed E-state index contributed by atoms with van der Waals surface area (Å²) in [5.74, 6) is -0.286. The number of nitrogens with zero attached hydrogens (tertiary/aromatic N) is 3. The van der Waals surface area contributed by atoms with Crippen LogP contribution in [0, 0.1) is 10.1 Å². The number of nitro benzene ring substituents is 1. The van der Waals surface area contributed by atoms with Crippen LogP contribution in [0.2, 0.25) is 0 Å². The number of hydrogen-bond donors (Lipinski definition) is 2. The van der Waals surface area contributed by atoms with Crippen molar-refractivity contribution >= 4 is 40.5 Å². The summed E-state index contributed by atoms with van der Waals surface area (Å²) in [6.07, 6.45) is 0. The monoisotopic (exact) mass is 517 g/mol. The van der Waals surface area contributed by atoms with E-state index < -0.39 is 10.8 Å². The van der Waals surface area contributed by atoms with Gasteiger partial charge in [0.05, 0.1) is 40.1 Å². The second-order valence-electron chi connectivity index (χ2n) is 9.26. The van der Waals surface area contributed by atoms with Gasteiger partial charge in [-0.15, -0.1) is 0 Å².